The Kier molecular flexibility index (Phi) is 13.9. The van der Waals surface area contributed by atoms with Crippen LogP contribution in [0, 0.1) is 35.5 Å². The van der Waals surface area contributed by atoms with Gasteiger partial charge in [-0.25, -0.2) is 0 Å². The lowest BCUT2D eigenvalue weighted by Crippen LogP contribution is -2.51. The van der Waals surface area contributed by atoms with Gasteiger partial charge in [-0.1, -0.05) is 132 Å². The van der Waals surface area contributed by atoms with E-state index in [2.05, 4.69) is 20.4 Å². The van der Waals surface area contributed by atoms with Crippen molar-refractivity contribution < 1.29 is 38.7 Å². The molecule has 14 atom stereocenters. The van der Waals surface area contributed by atoms with E-state index in [1.165, 1.54) is 0 Å². The van der Waals surface area contributed by atoms with Crippen molar-refractivity contribution in [1.82, 2.24) is 0 Å². The van der Waals surface area contributed by atoms with Gasteiger partial charge in [0.15, 0.2) is 12.6 Å². The van der Waals surface area contributed by atoms with Crippen LogP contribution in [0.4, 0.5) is 0 Å². The summed E-state index contributed by atoms with van der Waals surface area (Å²) < 4.78 is 32.6. The SMILES string of the molecule is C=C(C[C@H](C)[C@@H]1OC(c2ccccc2)O[C@H]([C@@H](C)C(=O)O)[C@@H]1C)[C@@H]1OC(c2ccccc2)O[C@@H]([C@@H](C)[C@H](O)[C@@H](C)[C@H](C)OCc2ccccc2)[C@H]1C. The molecule has 2 fully saturated rings. The van der Waals surface area contributed by atoms with E-state index in [1.54, 1.807) is 6.92 Å². The fourth-order valence-corrected chi connectivity index (χ4v) is 8.00. The number of carbonyl (C=O) groups is 1. The minimum Gasteiger partial charge on any atom is -0.481 e. The largest absolute Gasteiger partial charge is 0.481 e. The Bertz CT molecular complexity index is 1550. The maximum atomic E-state index is 12.1. The average molecular weight is 715 g/mol. The van der Waals surface area contributed by atoms with Crippen LogP contribution in [0.1, 0.15) is 84.2 Å². The molecule has 0 aliphatic carbocycles. The molecule has 0 aromatic heterocycles. The summed E-state index contributed by atoms with van der Waals surface area (Å²) in [5, 5.41) is 21.7. The van der Waals surface area contributed by atoms with Gasteiger partial charge in [-0.3, -0.25) is 4.79 Å². The van der Waals surface area contributed by atoms with E-state index in [4.69, 9.17) is 23.7 Å². The lowest BCUT2D eigenvalue weighted by molar-refractivity contribution is -0.290. The van der Waals surface area contributed by atoms with E-state index < -0.39 is 36.7 Å². The number of carboxylic acid groups (broad SMARTS) is 1. The zero-order chi connectivity index (χ0) is 37.5. The summed E-state index contributed by atoms with van der Waals surface area (Å²) in [7, 11) is 0. The van der Waals surface area contributed by atoms with Crippen molar-refractivity contribution in [2.45, 2.75) is 111 Å². The Labute approximate surface area is 310 Å². The Morgan fingerprint density at radius 3 is 1.79 bits per heavy atom. The molecule has 282 valence electrons. The quantitative estimate of drug-likeness (QED) is 0.151. The fraction of sp³-hybridized carbons (Fsp3) is 0.523. The third kappa shape index (κ3) is 9.40. The van der Waals surface area contributed by atoms with Crippen LogP contribution in [0.5, 0.6) is 0 Å². The van der Waals surface area contributed by atoms with Crippen molar-refractivity contribution in [3.63, 3.8) is 0 Å². The zero-order valence-electron chi connectivity index (χ0n) is 31.7. The third-order valence-corrected chi connectivity index (χ3v) is 11.4. The van der Waals surface area contributed by atoms with Crippen molar-refractivity contribution in [2.24, 2.45) is 35.5 Å². The molecule has 2 saturated heterocycles. The van der Waals surface area contributed by atoms with Gasteiger partial charge in [0.2, 0.25) is 0 Å². The fourth-order valence-electron chi connectivity index (χ4n) is 8.00. The van der Waals surface area contributed by atoms with Crippen molar-refractivity contribution >= 4 is 5.97 Å². The summed E-state index contributed by atoms with van der Waals surface area (Å²) in [4.78, 5) is 12.1. The number of carboxylic acids is 1. The van der Waals surface area contributed by atoms with Crippen LogP contribution in [0.15, 0.2) is 103 Å². The third-order valence-electron chi connectivity index (χ3n) is 11.4. The molecule has 0 radical (unpaired) electrons. The molecule has 0 saturated carbocycles. The first-order valence-electron chi connectivity index (χ1n) is 18.8. The molecule has 2 aliphatic heterocycles. The second-order valence-electron chi connectivity index (χ2n) is 15.2. The lowest BCUT2D eigenvalue weighted by Gasteiger charge is -2.47. The molecule has 2 N–H and O–H groups in total. The Morgan fingerprint density at radius 1 is 0.731 bits per heavy atom. The molecule has 2 aliphatic rings. The number of hydrogen-bond donors (Lipinski definition) is 2. The van der Waals surface area contributed by atoms with Crippen molar-refractivity contribution in [2.75, 3.05) is 0 Å². The summed E-state index contributed by atoms with van der Waals surface area (Å²) in [6.07, 6.45) is -3.14. The Morgan fingerprint density at radius 2 is 1.23 bits per heavy atom. The molecule has 3 aromatic carbocycles. The normalized spacial score (nSPS) is 30.0. The van der Waals surface area contributed by atoms with Crippen LogP contribution < -0.4 is 0 Å². The minimum atomic E-state index is -0.897. The summed E-state index contributed by atoms with van der Waals surface area (Å²) >= 11 is 0. The van der Waals surface area contributed by atoms with E-state index in [9.17, 15) is 15.0 Å². The summed E-state index contributed by atoms with van der Waals surface area (Å²) in [5.41, 5.74) is 3.75. The van der Waals surface area contributed by atoms with Gasteiger partial charge < -0.3 is 33.9 Å². The topological polar surface area (TPSA) is 104 Å². The molecule has 8 nitrogen and oxygen atoms in total. The molecule has 0 bridgehead atoms. The highest BCUT2D eigenvalue weighted by atomic mass is 16.7. The van der Waals surface area contributed by atoms with Gasteiger partial charge in [-0.2, -0.15) is 0 Å². The van der Waals surface area contributed by atoms with E-state index in [1.807, 2.05) is 119 Å². The number of hydrogen-bond acceptors (Lipinski definition) is 7. The van der Waals surface area contributed by atoms with E-state index in [-0.39, 0.29) is 54.0 Å². The van der Waals surface area contributed by atoms with Gasteiger partial charge in [0, 0.05) is 34.8 Å². The summed E-state index contributed by atoms with van der Waals surface area (Å²) in [6.45, 7) is 19.1. The highest BCUT2D eigenvalue weighted by molar-refractivity contribution is 5.70. The molecular formula is C44H58O8. The highest BCUT2D eigenvalue weighted by Crippen LogP contribution is 2.44. The lowest BCUT2D eigenvalue weighted by atomic mass is 9.76. The maximum Gasteiger partial charge on any atom is 0.308 e. The smallest absolute Gasteiger partial charge is 0.308 e. The standard InChI is InChI=1S/C44H58O8/c1-26(24-27(2)39-31(6)41(32(7)42(46)47)52-44(50-39)36-22-16-11-17-23-36)38-30(5)40(51-43(49-38)35-20-14-10-15-21-35)29(4)37(45)28(3)33(8)48-25-34-18-12-9-13-19-34/h9-23,27-33,37-41,43-45H,1,24-25H2,2-8H3,(H,46,47)/t27-,28-,29-,30-,31+,32+,33-,37+,38-,39-,40-,41-,43?,44?/m0/s1. The zero-order valence-corrected chi connectivity index (χ0v) is 31.7. The molecule has 0 amide bonds. The highest BCUT2D eigenvalue weighted by Gasteiger charge is 2.47. The van der Waals surface area contributed by atoms with E-state index >= 15 is 0 Å². The number of rotatable bonds is 15. The molecule has 52 heavy (non-hydrogen) atoms. The Hall–Kier alpha value is -3.37. The first-order chi connectivity index (χ1) is 24.9. The molecule has 3 aromatic rings. The number of benzene rings is 3. The van der Waals surface area contributed by atoms with Gasteiger partial charge in [0.05, 0.1) is 49.1 Å². The average Bonchev–Trinajstić information content (AvgIpc) is 3.16. The molecular weight excluding hydrogens is 656 g/mol. The monoisotopic (exact) mass is 714 g/mol. The van der Waals surface area contributed by atoms with Gasteiger partial charge in [0.1, 0.15) is 0 Å². The summed E-state index contributed by atoms with van der Waals surface area (Å²) in [5.74, 6) is -2.34. The number of aliphatic hydroxyl groups excluding tert-OH is 1. The second kappa shape index (κ2) is 18.1. The van der Waals surface area contributed by atoms with Crippen LogP contribution in [0.3, 0.4) is 0 Å². The van der Waals surface area contributed by atoms with Gasteiger partial charge in [-0.15, -0.1) is 0 Å². The molecule has 2 heterocycles. The molecule has 5 rings (SSSR count). The first-order valence-corrected chi connectivity index (χ1v) is 18.8. The minimum absolute atomic E-state index is 0.0287. The van der Waals surface area contributed by atoms with Crippen LogP contribution in [-0.4, -0.2) is 52.8 Å². The van der Waals surface area contributed by atoms with Crippen molar-refractivity contribution in [3.05, 3.63) is 120 Å². The van der Waals surface area contributed by atoms with E-state index in [0.717, 1.165) is 22.3 Å². The number of aliphatic carboxylic acids is 1. The summed E-state index contributed by atoms with van der Waals surface area (Å²) in [6, 6.07) is 29.6. The predicted molar refractivity (Wildman–Crippen MR) is 201 cm³/mol. The molecule has 8 heteroatoms. The van der Waals surface area contributed by atoms with Crippen LogP contribution in [-0.2, 0) is 35.1 Å². The van der Waals surface area contributed by atoms with Gasteiger partial charge in [0.25, 0.3) is 0 Å². The van der Waals surface area contributed by atoms with Gasteiger partial charge >= 0.3 is 5.97 Å². The van der Waals surface area contributed by atoms with Gasteiger partial charge in [-0.05, 0) is 37.3 Å². The van der Waals surface area contributed by atoms with Crippen molar-refractivity contribution in [1.29, 1.82) is 0 Å². The first kappa shape index (κ1) is 39.8. The molecule has 2 unspecified atom stereocenters. The maximum absolute atomic E-state index is 12.1. The van der Waals surface area contributed by atoms with Crippen molar-refractivity contribution in [3.8, 4) is 0 Å². The number of ether oxygens (including phenoxy) is 5. The number of aliphatic hydroxyl groups is 1. The van der Waals surface area contributed by atoms with E-state index in [0.29, 0.717) is 13.0 Å². The second-order valence-corrected chi connectivity index (χ2v) is 15.2. The van der Waals surface area contributed by atoms with Crippen LogP contribution >= 0.6 is 0 Å². The van der Waals surface area contributed by atoms with Crippen LogP contribution in [0.2, 0.25) is 0 Å². The molecule has 0 spiro atoms. The van der Waals surface area contributed by atoms with Crippen LogP contribution in [0.25, 0.3) is 0 Å². The Balaban J connectivity index is 1.33. The predicted octanol–water partition coefficient (Wildman–Crippen LogP) is 8.77.